The monoisotopic (exact) mass is 434 g/mol. The summed E-state index contributed by atoms with van der Waals surface area (Å²) in [6.07, 6.45) is 4.63. The van der Waals surface area contributed by atoms with Gasteiger partial charge in [-0.1, -0.05) is 12.1 Å². The second kappa shape index (κ2) is 8.97. The highest BCUT2D eigenvalue weighted by Gasteiger charge is 2.44. The first-order chi connectivity index (χ1) is 15.5. The molecular formula is C24H22N2O6. The molecule has 32 heavy (non-hydrogen) atoms. The maximum Gasteiger partial charge on any atom is 0.290 e. The van der Waals surface area contributed by atoms with Gasteiger partial charge in [-0.05, 0) is 48.4 Å². The van der Waals surface area contributed by atoms with Crippen molar-refractivity contribution in [3.05, 3.63) is 89.3 Å². The van der Waals surface area contributed by atoms with Crippen LogP contribution in [0.1, 0.15) is 34.6 Å². The number of hydrogen-bond acceptors (Lipinski definition) is 7. The highest BCUT2D eigenvalue weighted by atomic mass is 16.5. The lowest BCUT2D eigenvalue weighted by molar-refractivity contribution is -0.130. The number of aliphatic hydroxyl groups excluding tert-OH is 1. The smallest absolute Gasteiger partial charge is 0.290 e. The van der Waals surface area contributed by atoms with E-state index in [1.165, 1.54) is 24.3 Å². The van der Waals surface area contributed by atoms with E-state index in [-0.39, 0.29) is 17.9 Å². The van der Waals surface area contributed by atoms with Crippen molar-refractivity contribution in [2.75, 3.05) is 13.7 Å². The third-order valence-electron chi connectivity index (χ3n) is 5.17. The van der Waals surface area contributed by atoms with Gasteiger partial charge in [0.15, 0.2) is 23.0 Å². The molecule has 2 aromatic heterocycles. The van der Waals surface area contributed by atoms with Crippen LogP contribution in [-0.2, 0) is 11.3 Å². The van der Waals surface area contributed by atoms with Crippen molar-refractivity contribution in [3.8, 4) is 11.5 Å². The van der Waals surface area contributed by atoms with Crippen molar-refractivity contribution in [2.45, 2.75) is 19.5 Å². The van der Waals surface area contributed by atoms with E-state index in [0.29, 0.717) is 23.7 Å². The van der Waals surface area contributed by atoms with Crippen molar-refractivity contribution in [3.63, 3.8) is 0 Å². The lowest BCUT2D eigenvalue weighted by Gasteiger charge is -2.27. The molecule has 1 aliphatic rings. The largest absolute Gasteiger partial charge is 0.503 e. The maximum atomic E-state index is 13.2. The Labute approximate surface area is 184 Å². The Morgan fingerprint density at radius 3 is 2.72 bits per heavy atom. The van der Waals surface area contributed by atoms with Gasteiger partial charge in [-0.2, -0.15) is 0 Å². The van der Waals surface area contributed by atoms with E-state index in [1.54, 1.807) is 42.7 Å². The standard InChI is InChI=1S/C24H22N2O6/c1-3-31-17-9-8-16(12-19(17)30-2)21-20(22(27)18-7-5-11-32-18)23(28)24(29)26(21)14-15-6-4-10-25-13-15/h4-13,21,28H,3,14H2,1-2H3/t21-/m0/s1. The first-order valence-electron chi connectivity index (χ1n) is 10.1. The van der Waals surface area contributed by atoms with Crippen LogP contribution in [0.15, 0.2) is 76.9 Å². The summed E-state index contributed by atoms with van der Waals surface area (Å²) >= 11 is 0. The minimum Gasteiger partial charge on any atom is -0.503 e. The van der Waals surface area contributed by atoms with Crippen LogP contribution in [0.25, 0.3) is 0 Å². The van der Waals surface area contributed by atoms with E-state index in [4.69, 9.17) is 13.9 Å². The number of carbonyl (C=O) groups excluding carboxylic acids is 2. The van der Waals surface area contributed by atoms with Crippen LogP contribution in [-0.4, -0.2) is 40.4 Å². The number of pyridine rings is 1. The zero-order chi connectivity index (χ0) is 22.7. The predicted molar refractivity (Wildman–Crippen MR) is 114 cm³/mol. The summed E-state index contributed by atoms with van der Waals surface area (Å²) in [5.74, 6) is -0.795. The molecule has 0 saturated carbocycles. The lowest BCUT2D eigenvalue weighted by Crippen LogP contribution is -2.30. The van der Waals surface area contributed by atoms with Crippen LogP contribution in [0.3, 0.4) is 0 Å². The molecule has 0 unspecified atom stereocenters. The van der Waals surface area contributed by atoms with Gasteiger partial charge >= 0.3 is 0 Å². The number of nitrogens with zero attached hydrogens (tertiary/aromatic N) is 2. The van der Waals surface area contributed by atoms with E-state index in [1.807, 2.05) is 13.0 Å². The fraction of sp³-hybridized carbons (Fsp3) is 0.208. The van der Waals surface area contributed by atoms with E-state index >= 15 is 0 Å². The molecule has 1 aromatic carbocycles. The van der Waals surface area contributed by atoms with Crippen LogP contribution in [0.4, 0.5) is 0 Å². The molecule has 0 radical (unpaired) electrons. The van der Waals surface area contributed by atoms with Gasteiger partial charge in [-0.25, -0.2) is 0 Å². The van der Waals surface area contributed by atoms with Crippen LogP contribution >= 0.6 is 0 Å². The first kappa shape index (κ1) is 21.2. The topological polar surface area (TPSA) is 102 Å². The molecule has 0 saturated heterocycles. The third-order valence-corrected chi connectivity index (χ3v) is 5.17. The number of Topliss-reactive ketones (excluding diaryl/α,β-unsaturated/α-hetero) is 1. The van der Waals surface area contributed by atoms with Crippen molar-refractivity contribution in [1.29, 1.82) is 0 Å². The zero-order valence-corrected chi connectivity index (χ0v) is 17.6. The molecule has 1 N–H and O–H groups in total. The second-order valence-electron chi connectivity index (χ2n) is 7.11. The molecule has 8 nitrogen and oxygen atoms in total. The minimum atomic E-state index is -0.857. The van der Waals surface area contributed by atoms with E-state index in [0.717, 1.165) is 5.56 Å². The van der Waals surface area contributed by atoms with Crippen LogP contribution in [0.5, 0.6) is 11.5 Å². The van der Waals surface area contributed by atoms with Crippen LogP contribution < -0.4 is 9.47 Å². The average Bonchev–Trinajstić information content (AvgIpc) is 3.43. The number of carbonyl (C=O) groups is 2. The Morgan fingerprint density at radius 1 is 1.22 bits per heavy atom. The Hall–Kier alpha value is -4.07. The number of aromatic nitrogens is 1. The molecule has 0 bridgehead atoms. The van der Waals surface area contributed by atoms with Crippen molar-refractivity contribution in [2.24, 2.45) is 0 Å². The molecule has 0 fully saturated rings. The van der Waals surface area contributed by atoms with Crippen LogP contribution in [0.2, 0.25) is 0 Å². The number of amides is 1. The minimum absolute atomic E-state index is 0.0329. The molecule has 1 atom stereocenters. The van der Waals surface area contributed by atoms with Gasteiger partial charge in [-0.3, -0.25) is 14.6 Å². The molecule has 3 aromatic rings. The third kappa shape index (κ3) is 3.82. The normalized spacial score (nSPS) is 15.9. The Bertz CT molecular complexity index is 1150. The lowest BCUT2D eigenvalue weighted by atomic mass is 9.94. The Morgan fingerprint density at radius 2 is 2.06 bits per heavy atom. The maximum absolute atomic E-state index is 13.2. The fourth-order valence-corrected chi connectivity index (χ4v) is 3.75. The summed E-state index contributed by atoms with van der Waals surface area (Å²) in [7, 11) is 1.51. The highest BCUT2D eigenvalue weighted by molar-refractivity contribution is 6.15. The number of aliphatic hydroxyl groups is 1. The number of rotatable bonds is 8. The average molecular weight is 434 g/mol. The Balaban J connectivity index is 1.81. The summed E-state index contributed by atoms with van der Waals surface area (Å²) in [5.41, 5.74) is 1.28. The Kier molecular flexibility index (Phi) is 5.93. The molecule has 8 heteroatoms. The van der Waals surface area contributed by atoms with Gasteiger partial charge in [0.1, 0.15) is 0 Å². The molecule has 4 rings (SSSR count). The molecule has 0 spiro atoms. The number of ether oxygens (including phenoxy) is 2. The summed E-state index contributed by atoms with van der Waals surface area (Å²) < 4.78 is 16.3. The zero-order valence-electron chi connectivity index (χ0n) is 17.6. The number of furan rings is 1. The van der Waals surface area contributed by atoms with Crippen LogP contribution in [0, 0.1) is 0 Å². The number of methoxy groups -OCH3 is 1. The molecule has 1 aliphatic heterocycles. The predicted octanol–water partition coefficient (Wildman–Crippen LogP) is 3.86. The molecular weight excluding hydrogens is 412 g/mol. The summed E-state index contributed by atoms with van der Waals surface area (Å²) in [6.45, 7) is 2.46. The van der Waals surface area contributed by atoms with Gasteiger partial charge in [-0.15, -0.1) is 0 Å². The first-order valence-corrected chi connectivity index (χ1v) is 10.1. The van der Waals surface area contributed by atoms with Gasteiger partial charge < -0.3 is 23.9 Å². The number of benzene rings is 1. The SMILES string of the molecule is CCOc1ccc([C@H]2C(C(=O)c3ccco3)=C(O)C(=O)N2Cc2cccnc2)cc1OC. The van der Waals surface area contributed by atoms with Gasteiger partial charge in [0.25, 0.3) is 5.91 Å². The molecule has 3 heterocycles. The van der Waals surface area contributed by atoms with Gasteiger partial charge in [0.05, 0.1) is 31.6 Å². The van der Waals surface area contributed by atoms with Crippen molar-refractivity contribution >= 4 is 11.7 Å². The fourth-order valence-electron chi connectivity index (χ4n) is 3.75. The molecule has 1 amide bonds. The van der Waals surface area contributed by atoms with Crippen molar-refractivity contribution in [1.82, 2.24) is 9.88 Å². The number of hydrogen-bond donors (Lipinski definition) is 1. The van der Waals surface area contributed by atoms with Gasteiger partial charge in [0.2, 0.25) is 5.78 Å². The molecule has 164 valence electrons. The highest BCUT2D eigenvalue weighted by Crippen LogP contribution is 2.42. The quantitative estimate of drug-likeness (QED) is 0.537. The van der Waals surface area contributed by atoms with E-state index in [2.05, 4.69) is 4.98 Å². The molecule has 0 aliphatic carbocycles. The van der Waals surface area contributed by atoms with E-state index < -0.39 is 23.5 Å². The van der Waals surface area contributed by atoms with E-state index in [9.17, 15) is 14.7 Å². The summed E-state index contributed by atoms with van der Waals surface area (Å²) in [5, 5.41) is 10.7. The summed E-state index contributed by atoms with van der Waals surface area (Å²) in [4.78, 5) is 31.8. The number of ketones is 1. The van der Waals surface area contributed by atoms with Gasteiger partial charge in [0, 0.05) is 18.9 Å². The second-order valence-corrected chi connectivity index (χ2v) is 7.11. The van der Waals surface area contributed by atoms with Crippen molar-refractivity contribution < 1.29 is 28.6 Å². The summed E-state index contributed by atoms with van der Waals surface area (Å²) in [6, 6.07) is 10.9.